The second-order valence-corrected chi connectivity index (χ2v) is 7.44. The normalized spacial score (nSPS) is 12.2. The lowest BCUT2D eigenvalue weighted by Crippen LogP contribution is -2.25. The average Bonchev–Trinajstić information content (AvgIpc) is 3.19. The van der Waals surface area contributed by atoms with Crippen LogP contribution in [0.2, 0.25) is 0 Å². The highest BCUT2D eigenvalue weighted by Crippen LogP contribution is 2.22. The molecule has 0 saturated carbocycles. The summed E-state index contributed by atoms with van der Waals surface area (Å²) in [5.74, 6) is -0.311. The van der Waals surface area contributed by atoms with Gasteiger partial charge in [0.2, 0.25) is 10.0 Å². The van der Waals surface area contributed by atoms with Crippen molar-refractivity contribution < 1.29 is 12.8 Å². The molecule has 3 heterocycles. The smallest absolute Gasteiger partial charge is 0.242 e. The summed E-state index contributed by atoms with van der Waals surface area (Å²) in [7, 11) is -3.65. The van der Waals surface area contributed by atoms with Crippen LogP contribution in [-0.2, 0) is 16.4 Å². The Bertz CT molecular complexity index is 1160. The third-order valence-corrected chi connectivity index (χ3v) is 5.62. The van der Waals surface area contributed by atoms with Crippen molar-refractivity contribution in [1.82, 2.24) is 19.7 Å². The number of halogens is 1. The second kappa shape index (κ2) is 5.98. The molecule has 0 spiro atoms. The maximum atomic E-state index is 13.2. The number of hydrogen-bond donors (Lipinski definition) is 3. The lowest BCUT2D eigenvalue weighted by Gasteiger charge is -2.05. The molecule has 25 heavy (non-hydrogen) atoms. The Morgan fingerprint density at radius 1 is 1.12 bits per heavy atom. The van der Waals surface area contributed by atoms with Crippen LogP contribution < -0.4 is 4.72 Å². The number of hydrogen-bond acceptors (Lipinski definition) is 3. The number of rotatable bonds is 5. The Kier molecular flexibility index (Phi) is 3.78. The molecular formula is C17H15FN4O2S. The molecule has 0 amide bonds. The van der Waals surface area contributed by atoms with Gasteiger partial charge in [-0.25, -0.2) is 22.5 Å². The molecular weight excluding hydrogens is 343 g/mol. The highest BCUT2D eigenvalue weighted by molar-refractivity contribution is 7.89. The molecule has 6 nitrogen and oxygen atoms in total. The van der Waals surface area contributed by atoms with Crippen LogP contribution in [0, 0.1) is 5.82 Å². The van der Waals surface area contributed by atoms with E-state index in [1.807, 2.05) is 0 Å². The number of benzene rings is 1. The summed E-state index contributed by atoms with van der Waals surface area (Å²) in [5.41, 5.74) is 2.15. The molecule has 0 aliphatic rings. The van der Waals surface area contributed by atoms with E-state index in [1.54, 1.807) is 30.6 Å². The molecule has 8 heteroatoms. The van der Waals surface area contributed by atoms with Crippen molar-refractivity contribution in [2.24, 2.45) is 0 Å². The van der Waals surface area contributed by atoms with Crippen molar-refractivity contribution in [2.75, 3.05) is 6.54 Å². The first-order valence-electron chi connectivity index (χ1n) is 7.72. The Balaban J connectivity index is 1.52. The van der Waals surface area contributed by atoms with Gasteiger partial charge in [0.25, 0.3) is 0 Å². The minimum Gasteiger partial charge on any atom is -0.361 e. The average molecular weight is 358 g/mol. The monoisotopic (exact) mass is 358 g/mol. The van der Waals surface area contributed by atoms with Gasteiger partial charge in [0, 0.05) is 41.4 Å². The largest absolute Gasteiger partial charge is 0.361 e. The highest BCUT2D eigenvalue weighted by Gasteiger charge is 2.19. The third-order valence-electron chi connectivity index (χ3n) is 4.12. The number of nitrogens with zero attached hydrogens (tertiary/aromatic N) is 1. The molecule has 0 radical (unpaired) electrons. The molecule has 0 atom stereocenters. The van der Waals surface area contributed by atoms with Crippen LogP contribution in [0.5, 0.6) is 0 Å². The van der Waals surface area contributed by atoms with Crippen LogP contribution in [0.4, 0.5) is 4.39 Å². The molecule has 3 N–H and O–H groups in total. The zero-order valence-corrected chi connectivity index (χ0v) is 13.9. The van der Waals surface area contributed by atoms with Crippen molar-refractivity contribution >= 4 is 32.0 Å². The molecule has 0 aliphatic carbocycles. The van der Waals surface area contributed by atoms with Gasteiger partial charge in [-0.1, -0.05) is 0 Å². The predicted octanol–water partition coefficient (Wildman–Crippen LogP) is 2.70. The van der Waals surface area contributed by atoms with Crippen LogP contribution in [0.1, 0.15) is 5.56 Å². The lowest BCUT2D eigenvalue weighted by molar-refractivity contribution is 0.582. The summed E-state index contributed by atoms with van der Waals surface area (Å²) >= 11 is 0. The number of aromatic nitrogens is 3. The van der Waals surface area contributed by atoms with E-state index < -0.39 is 10.0 Å². The molecule has 128 valence electrons. The Morgan fingerprint density at radius 3 is 2.88 bits per heavy atom. The van der Waals surface area contributed by atoms with Crippen LogP contribution in [0.25, 0.3) is 21.9 Å². The molecule has 4 rings (SSSR count). The fraction of sp³-hybridized carbons (Fsp3) is 0.118. The summed E-state index contributed by atoms with van der Waals surface area (Å²) in [6.45, 7) is 0.236. The van der Waals surface area contributed by atoms with Crippen molar-refractivity contribution in [3.05, 3.63) is 60.3 Å². The molecule has 1 aromatic carbocycles. The van der Waals surface area contributed by atoms with E-state index in [2.05, 4.69) is 19.7 Å². The van der Waals surface area contributed by atoms with Crippen molar-refractivity contribution in [3.63, 3.8) is 0 Å². The van der Waals surface area contributed by atoms with E-state index in [-0.39, 0.29) is 17.3 Å². The number of pyridine rings is 1. The number of fused-ring (bicyclic) bond motifs is 2. The van der Waals surface area contributed by atoms with E-state index >= 15 is 0 Å². The fourth-order valence-corrected chi connectivity index (χ4v) is 4.11. The summed E-state index contributed by atoms with van der Waals surface area (Å²) in [6, 6.07) is 7.91. The summed E-state index contributed by atoms with van der Waals surface area (Å²) in [6.07, 6.45) is 5.30. The molecule has 0 unspecified atom stereocenters. The zero-order chi connectivity index (χ0) is 17.4. The Labute approximate surface area is 143 Å². The molecule has 0 fully saturated rings. The Hall–Kier alpha value is -2.71. The van der Waals surface area contributed by atoms with Crippen molar-refractivity contribution in [2.45, 2.75) is 11.3 Å². The predicted molar refractivity (Wildman–Crippen MR) is 93.2 cm³/mol. The van der Waals surface area contributed by atoms with Gasteiger partial charge in [0.15, 0.2) is 0 Å². The number of aromatic amines is 2. The topological polar surface area (TPSA) is 90.6 Å². The summed E-state index contributed by atoms with van der Waals surface area (Å²) < 4.78 is 40.9. The number of H-pyrrole nitrogens is 2. The van der Waals surface area contributed by atoms with Gasteiger partial charge in [0.1, 0.15) is 16.4 Å². The first-order valence-corrected chi connectivity index (χ1v) is 9.20. The molecule has 0 aliphatic heterocycles. The molecule has 3 aromatic heterocycles. The van der Waals surface area contributed by atoms with Gasteiger partial charge in [-0.15, -0.1) is 0 Å². The van der Waals surface area contributed by atoms with E-state index in [0.717, 1.165) is 10.9 Å². The summed E-state index contributed by atoms with van der Waals surface area (Å²) in [4.78, 5) is 10.1. The molecule has 0 bridgehead atoms. The minimum absolute atomic E-state index is 0.177. The van der Waals surface area contributed by atoms with Gasteiger partial charge in [-0.2, -0.15) is 0 Å². The van der Waals surface area contributed by atoms with Crippen LogP contribution in [0.15, 0.2) is 53.8 Å². The van der Waals surface area contributed by atoms with Crippen molar-refractivity contribution in [3.8, 4) is 0 Å². The molecule has 4 aromatic rings. The van der Waals surface area contributed by atoms with Gasteiger partial charge in [0.05, 0.1) is 0 Å². The van der Waals surface area contributed by atoms with Gasteiger partial charge in [-0.3, -0.25) is 0 Å². The van der Waals surface area contributed by atoms with E-state index in [4.69, 9.17) is 0 Å². The number of sulfonamides is 1. The van der Waals surface area contributed by atoms with Gasteiger partial charge >= 0.3 is 0 Å². The zero-order valence-electron chi connectivity index (χ0n) is 13.1. The second-order valence-electron chi connectivity index (χ2n) is 5.70. The third kappa shape index (κ3) is 2.90. The van der Waals surface area contributed by atoms with Gasteiger partial charge < -0.3 is 9.97 Å². The maximum absolute atomic E-state index is 13.2. The lowest BCUT2D eigenvalue weighted by atomic mass is 10.1. The maximum Gasteiger partial charge on any atom is 0.242 e. The van der Waals surface area contributed by atoms with Crippen LogP contribution in [-0.4, -0.2) is 29.9 Å². The number of nitrogens with one attached hydrogen (secondary N) is 3. The van der Waals surface area contributed by atoms with Crippen LogP contribution in [0.3, 0.4) is 0 Å². The van der Waals surface area contributed by atoms with Gasteiger partial charge in [-0.05, 0) is 42.3 Å². The first-order chi connectivity index (χ1) is 12.0. The van der Waals surface area contributed by atoms with E-state index in [1.165, 1.54) is 18.3 Å². The first kappa shape index (κ1) is 15.8. The standard InChI is InChI=1S/C17H15FN4O2S/c18-12-3-4-13-11(9-20-15(13)8-12)5-7-22-25(23,24)16-10-21-17-14(16)2-1-6-19-17/h1-4,6,8-10,20,22H,5,7H2,(H,19,21). The van der Waals surface area contributed by atoms with E-state index in [0.29, 0.717) is 23.0 Å². The van der Waals surface area contributed by atoms with Crippen LogP contribution >= 0.6 is 0 Å². The van der Waals surface area contributed by atoms with Crippen molar-refractivity contribution in [1.29, 1.82) is 0 Å². The molecule has 0 saturated heterocycles. The quantitative estimate of drug-likeness (QED) is 0.512. The Morgan fingerprint density at radius 2 is 2.00 bits per heavy atom. The minimum atomic E-state index is -3.65. The fourth-order valence-electron chi connectivity index (χ4n) is 2.92. The van der Waals surface area contributed by atoms with E-state index in [9.17, 15) is 12.8 Å². The summed E-state index contributed by atoms with van der Waals surface area (Å²) in [5, 5.41) is 1.44. The highest BCUT2D eigenvalue weighted by atomic mass is 32.2. The SMILES string of the molecule is O=S(=O)(NCCc1c[nH]c2cc(F)ccc12)c1c[nH]c2ncccc12.